The molecular formula is C25H21N3O2S. The molecule has 5 nitrogen and oxygen atoms in total. The number of nitrogens with zero attached hydrogens (tertiary/aromatic N) is 3. The quantitative estimate of drug-likeness (QED) is 0.314. The van der Waals surface area contributed by atoms with Crippen LogP contribution in [0.25, 0.3) is 5.69 Å². The van der Waals surface area contributed by atoms with Crippen molar-refractivity contribution in [1.82, 2.24) is 14.5 Å². The first kappa shape index (κ1) is 19.6. The molecule has 0 aliphatic carbocycles. The highest BCUT2D eigenvalue weighted by atomic mass is 32.2. The summed E-state index contributed by atoms with van der Waals surface area (Å²) in [7, 11) is 0. The second-order valence-electron chi connectivity index (χ2n) is 7.36. The maximum Gasteiger partial charge on any atom is 0.227 e. The number of hydrogen-bond donors (Lipinski definition) is 0. The van der Waals surface area contributed by atoms with Gasteiger partial charge in [0.25, 0.3) is 0 Å². The van der Waals surface area contributed by atoms with E-state index in [9.17, 15) is 4.79 Å². The molecule has 1 atom stereocenters. The zero-order chi connectivity index (χ0) is 21.3. The summed E-state index contributed by atoms with van der Waals surface area (Å²) in [5.74, 6) is 1.42. The van der Waals surface area contributed by atoms with E-state index < -0.39 is 5.60 Å². The summed E-state index contributed by atoms with van der Waals surface area (Å²) in [4.78, 5) is 22.3. The highest BCUT2D eigenvalue weighted by Gasteiger charge is 2.45. The summed E-state index contributed by atoms with van der Waals surface area (Å²) in [6.45, 7) is 2.00. The first-order valence-corrected chi connectivity index (χ1v) is 11.2. The molecule has 0 amide bonds. The predicted octanol–water partition coefficient (Wildman–Crippen LogP) is 5.44. The average molecular weight is 428 g/mol. The van der Waals surface area contributed by atoms with Crippen LogP contribution in [0.4, 0.5) is 0 Å². The van der Waals surface area contributed by atoms with Gasteiger partial charge in [0.2, 0.25) is 5.78 Å². The van der Waals surface area contributed by atoms with E-state index in [2.05, 4.69) is 22.1 Å². The monoisotopic (exact) mass is 427 g/mol. The summed E-state index contributed by atoms with van der Waals surface area (Å²) in [5, 5.41) is 0.747. The van der Waals surface area contributed by atoms with E-state index >= 15 is 0 Å². The number of ketones is 1. The Kier molecular flexibility index (Phi) is 5.08. The smallest absolute Gasteiger partial charge is 0.227 e. The van der Waals surface area contributed by atoms with E-state index in [4.69, 9.17) is 4.74 Å². The number of fused-ring (bicyclic) bond motifs is 3. The van der Waals surface area contributed by atoms with Crippen LogP contribution in [0.3, 0.4) is 0 Å². The van der Waals surface area contributed by atoms with Crippen molar-refractivity contribution in [2.45, 2.75) is 29.9 Å². The minimum atomic E-state index is -1.07. The third-order valence-corrected chi connectivity index (χ3v) is 6.53. The molecule has 0 N–H and O–H groups in total. The van der Waals surface area contributed by atoms with Gasteiger partial charge in [-0.3, -0.25) is 4.79 Å². The minimum absolute atomic E-state index is 0.0315. The molecule has 154 valence electrons. The van der Waals surface area contributed by atoms with Crippen molar-refractivity contribution in [1.29, 1.82) is 0 Å². The fraction of sp³-hybridized carbons (Fsp3) is 0.160. The van der Waals surface area contributed by atoms with Gasteiger partial charge in [0.15, 0.2) is 10.8 Å². The van der Waals surface area contributed by atoms with E-state index in [-0.39, 0.29) is 5.78 Å². The van der Waals surface area contributed by atoms with E-state index in [0.29, 0.717) is 17.9 Å². The van der Waals surface area contributed by atoms with Crippen LogP contribution in [0.1, 0.15) is 35.0 Å². The van der Waals surface area contributed by atoms with Gasteiger partial charge in [0, 0.05) is 29.9 Å². The molecule has 0 radical (unpaired) electrons. The van der Waals surface area contributed by atoms with Gasteiger partial charge in [0.1, 0.15) is 5.75 Å². The SMILES string of the molecule is CCC1(c2ccc(CSc3ncccn3)cc2)Oc2ccccc2-n2cccc2C1=O. The summed E-state index contributed by atoms with van der Waals surface area (Å²) in [6, 6.07) is 21.5. The maximum atomic E-state index is 13.7. The van der Waals surface area contributed by atoms with Crippen LogP contribution < -0.4 is 4.74 Å². The molecule has 31 heavy (non-hydrogen) atoms. The second kappa shape index (κ2) is 8.04. The number of hydrogen-bond acceptors (Lipinski definition) is 5. The summed E-state index contributed by atoms with van der Waals surface area (Å²) in [5.41, 5.74) is 2.43. The Bertz CT molecular complexity index is 1220. The molecule has 6 heteroatoms. The Labute approximate surface area is 185 Å². The van der Waals surface area contributed by atoms with Crippen molar-refractivity contribution < 1.29 is 9.53 Å². The van der Waals surface area contributed by atoms with Gasteiger partial charge >= 0.3 is 0 Å². The summed E-state index contributed by atoms with van der Waals surface area (Å²) < 4.78 is 8.42. The first-order chi connectivity index (χ1) is 15.2. The number of ether oxygens (including phenoxy) is 1. The van der Waals surface area contributed by atoms with E-state index in [1.165, 1.54) is 0 Å². The molecule has 0 saturated heterocycles. The Morgan fingerprint density at radius 2 is 1.74 bits per heavy atom. The van der Waals surface area contributed by atoms with Crippen molar-refractivity contribution in [2.24, 2.45) is 0 Å². The Balaban J connectivity index is 1.50. The number of para-hydroxylation sites is 2. The number of rotatable bonds is 5. The molecule has 1 aliphatic rings. The van der Waals surface area contributed by atoms with Gasteiger partial charge in [-0.15, -0.1) is 0 Å². The number of Topliss-reactive ketones (excluding diaryl/α,β-unsaturated/α-hetero) is 1. The zero-order valence-electron chi connectivity index (χ0n) is 17.1. The van der Waals surface area contributed by atoms with Crippen LogP contribution in [0.15, 0.2) is 90.5 Å². The Hall–Kier alpha value is -3.38. The van der Waals surface area contributed by atoms with Crippen LogP contribution in [-0.4, -0.2) is 20.3 Å². The van der Waals surface area contributed by atoms with Crippen molar-refractivity contribution in [3.8, 4) is 11.4 Å². The van der Waals surface area contributed by atoms with Crippen LogP contribution in [-0.2, 0) is 11.4 Å². The van der Waals surface area contributed by atoms with Crippen LogP contribution >= 0.6 is 11.8 Å². The van der Waals surface area contributed by atoms with Crippen molar-refractivity contribution in [3.63, 3.8) is 0 Å². The topological polar surface area (TPSA) is 57.0 Å². The number of aromatic nitrogens is 3. The molecule has 1 aliphatic heterocycles. The Morgan fingerprint density at radius 1 is 0.968 bits per heavy atom. The molecule has 0 fully saturated rings. The van der Waals surface area contributed by atoms with E-state index in [1.807, 2.05) is 66.2 Å². The molecule has 2 aromatic carbocycles. The molecule has 0 bridgehead atoms. The maximum absolute atomic E-state index is 13.7. The van der Waals surface area contributed by atoms with Crippen LogP contribution in [0.2, 0.25) is 0 Å². The average Bonchev–Trinajstić information content (AvgIpc) is 3.28. The van der Waals surface area contributed by atoms with Gasteiger partial charge in [0.05, 0.1) is 11.4 Å². The molecular weight excluding hydrogens is 406 g/mol. The number of benzene rings is 2. The molecule has 2 aromatic heterocycles. The molecule has 4 aromatic rings. The van der Waals surface area contributed by atoms with Gasteiger partial charge in [-0.25, -0.2) is 9.97 Å². The fourth-order valence-corrected chi connectivity index (χ4v) is 4.72. The van der Waals surface area contributed by atoms with Crippen molar-refractivity contribution >= 4 is 17.5 Å². The Morgan fingerprint density at radius 3 is 2.52 bits per heavy atom. The lowest BCUT2D eigenvalue weighted by atomic mass is 9.84. The summed E-state index contributed by atoms with van der Waals surface area (Å²) in [6.07, 6.45) is 5.92. The molecule has 0 spiro atoms. The van der Waals surface area contributed by atoms with Crippen molar-refractivity contribution in [3.05, 3.63) is 102 Å². The van der Waals surface area contributed by atoms with Crippen LogP contribution in [0, 0.1) is 0 Å². The third kappa shape index (κ3) is 3.43. The largest absolute Gasteiger partial charge is 0.472 e. The first-order valence-electron chi connectivity index (χ1n) is 10.2. The summed E-state index contributed by atoms with van der Waals surface area (Å²) >= 11 is 1.58. The van der Waals surface area contributed by atoms with Gasteiger partial charge in [-0.1, -0.05) is 55.1 Å². The third-order valence-electron chi connectivity index (χ3n) is 5.59. The zero-order valence-corrected chi connectivity index (χ0v) is 17.9. The highest BCUT2D eigenvalue weighted by molar-refractivity contribution is 7.98. The standard InChI is InChI=1S/C25H21N3O2S/c1-2-25(19-12-10-18(11-13-19)17-31-24-26-14-6-15-27-24)23(29)21-8-5-16-28(21)20-7-3-4-9-22(20)30-25/h3-16H,2,17H2,1H3. The lowest BCUT2D eigenvalue weighted by molar-refractivity contribution is 0.0424. The number of carbonyl (C=O) groups excluding carboxylic acids is 1. The van der Waals surface area contributed by atoms with Gasteiger partial charge in [-0.05, 0) is 42.3 Å². The number of carbonyl (C=O) groups is 1. The fourth-order valence-electron chi connectivity index (χ4n) is 3.96. The van der Waals surface area contributed by atoms with Crippen molar-refractivity contribution in [2.75, 3.05) is 0 Å². The number of thioether (sulfide) groups is 1. The second-order valence-corrected chi connectivity index (χ2v) is 8.30. The van der Waals surface area contributed by atoms with E-state index in [1.54, 1.807) is 30.2 Å². The van der Waals surface area contributed by atoms with E-state index in [0.717, 1.165) is 27.7 Å². The minimum Gasteiger partial charge on any atom is -0.472 e. The molecule has 5 rings (SSSR count). The normalized spacial score (nSPS) is 17.4. The predicted molar refractivity (Wildman–Crippen MR) is 121 cm³/mol. The van der Waals surface area contributed by atoms with Gasteiger partial charge in [-0.2, -0.15) is 0 Å². The van der Waals surface area contributed by atoms with Gasteiger partial charge < -0.3 is 9.30 Å². The molecule has 3 heterocycles. The highest BCUT2D eigenvalue weighted by Crippen LogP contribution is 2.41. The lowest BCUT2D eigenvalue weighted by Gasteiger charge is -2.31. The molecule has 0 saturated carbocycles. The lowest BCUT2D eigenvalue weighted by Crippen LogP contribution is -2.41. The van der Waals surface area contributed by atoms with Crippen LogP contribution in [0.5, 0.6) is 5.75 Å². The molecule has 1 unspecified atom stereocenters.